The molecule has 1 aromatic heterocycles. The molecule has 3 heterocycles. The summed E-state index contributed by atoms with van der Waals surface area (Å²) < 4.78 is 13.8. The van der Waals surface area contributed by atoms with Gasteiger partial charge in [0, 0.05) is 37.0 Å². The van der Waals surface area contributed by atoms with Crippen molar-refractivity contribution in [3.05, 3.63) is 18.3 Å². The van der Waals surface area contributed by atoms with Crippen LogP contribution >= 0.6 is 11.8 Å². The molecule has 2 aliphatic rings. The highest BCUT2D eigenvalue weighted by Gasteiger charge is 2.33. The zero-order valence-electron chi connectivity index (χ0n) is 11.5. The molecule has 1 N–H and O–H groups in total. The Labute approximate surface area is 123 Å². The van der Waals surface area contributed by atoms with Crippen LogP contribution in [0.5, 0.6) is 0 Å². The second-order valence-electron chi connectivity index (χ2n) is 5.54. The molecule has 1 unspecified atom stereocenters. The molecule has 0 amide bonds. The van der Waals surface area contributed by atoms with Crippen molar-refractivity contribution in [2.45, 2.75) is 37.5 Å². The van der Waals surface area contributed by atoms with E-state index in [1.54, 1.807) is 6.20 Å². The summed E-state index contributed by atoms with van der Waals surface area (Å²) in [4.78, 5) is 2.06. The van der Waals surface area contributed by atoms with E-state index in [1.165, 1.54) is 24.3 Å². The Balaban J connectivity index is 1.59. The summed E-state index contributed by atoms with van der Waals surface area (Å²) in [5, 5.41) is 11.6. The van der Waals surface area contributed by atoms with E-state index in [9.17, 15) is 4.39 Å². The van der Waals surface area contributed by atoms with E-state index in [4.69, 9.17) is 0 Å². The molecular formula is C14H21FN4S. The van der Waals surface area contributed by atoms with Gasteiger partial charge in [-0.3, -0.25) is 0 Å². The van der Waals surface area contributed by atoms with Crippen molar-refractivity contribution in [3.63, 3.8) is 0 Å². The van der Waals surface area contributed by atoms with Crippen molar-refractivity contribution >= 4 is 17.6 Å². The molecule has 20 heavy (non-hydrogen) atoms. The molecule has 2 fully saturated rings. The topological polar surface area (TPSA) is 41.0 Å². The van der Waals surface area contributed by atoms with Crippen LogP contribution in [0.15, 0.2) is 18.3 Å². The van der Waals surface area contributed by atoms with Gasteiger partial charge in [-0.15, -0.1) is 5.10 Å². The lowest BCUT2D eigenvalue weighted by Gasteiger charge is -2.28. The van der Waals surface area contributed by atoms with Gasteiger partial charge in [0.15, 0.2) is 5.82 Å². The third kappa shape index (κ3) is 3.41. The minimum atomic E-state index is -0.760. The van der Waals surface area contributed by atoms with E-state index in [0.717, 1.165) is 12.4 Å². The second-order valence-corrected chi connectivity index (χ2v) is 6.69. The normalized spacial score (nSPS) is 30.6. The maximum Gasteiger partial charge on any atom is 0.151 e. The van der Waals surface area contributed by atoms with Crippen molar-refractivity contribution in [1.82, 2.24) is 15.5 Å². The molecule has 3 rings (SSSR count). The van der Waals surface area contributed by atoms with Gasteiger partial charge in [0.25, 0.3) is 0 Å². The van der Waals surface area contributed by atoms with Crippen LogP contribution in [0.3, 0.4) is 0 Å². The number of nitrogens with one attached hydrogen (secondary N) is 1. The van der Waals surface area contributed by atoms with Crippen LogP contribution in [-0.2, 0) is 0 Å². The molecule has 110 valence electrons. The van der Waals surface area contributed by atoms with Gasteiger partial charge in [0.05, 0.1) is 6.54 Å². The first kappa shape index (κ1) is 14.1. The number of anilines is 1. The highest BCUT2D eigenvalue weighted by atomic mass is 32.2. The Hall–Kier alpha value is -0.880. The standard InChI is InChI=1S/C14H21FN4S/c15-11-7-13(8-16-12-3-2-6-20-10-12)19(9-11)14-4-1-5-17-18-14/h1,4-5,11-13,16H,2-3,6-10H2/t11-,12?,13-/m0/s1. The number of halogens is 1. The minimum absolute atomic E-state index is 0.189. The van der Waals surface area contributed by atoms with Gasteiger partial charge < -0.3 is 10.2 Å². The first-order valence-electron chi connectivity index (χ1n) is 7.32. The fraction of sp³-hybridized carbons (Fsp3) is 0.714. The van der Waals surface area contributed by atoms with Gasteiger partial charge in [0.1, 0.15) is 6.17 Å². The number of aromatic nitrogens is 2. The second kappa shape index (κ2) is 6.72. The van der Waals surface area contributed by atoms with Gasteiger partial charge in [-0.25, -0.2) is 4.39 Å². The summed E-state index contributed by atoms with van der Waals surface area (Å²) in [6.07, 6.45) is 4.00. The van der Waals surface area contributed by atoms with Crippen molar-refractivity contribution in [2.24, 2.45) is 0 Å². The highest BCUT2D eigenvalue weighted by molar-refractivity contribution is 7.99. The van der Waals surface area contributed by atoms with E-state index in [-0.39, 0.29) is 6.04 Å². The Bertz CT molecular complexity index is 413. The molecule has 0 aliphatic carbocycles. The summed E-state index contributed by atoms with van der Waals surface area (Å²) in [6, 6.07) is 4.54. The molecule has 0 bridgehead atoms. The molecular weight excluding hydrogens is 275 g/mol. The van der Waals surface area contributed by atoms with Crippen LogP contribution in [0.4, 0.5) is 10.2 Å². The number of thioether (sulfide) groups is 1. The van der Waals surface area contributed by atoms with E-state index in [2.05, 4.69) is 20.4 Å². The SMILES string of the molecule is F[C@H]1C[C@@H](CNC2CCCSC2)N(c2cccnn2)C1. The van der Waals surface area contributed by atoms with Crippen LogP contribution in [0.2, 0.25) is 0 Å². The van der Waals surface area contributed by atoms with E-state index < -0.39 is 6.17 Å². The predicted octanol–water partition coefficient (Wildman–Crippen LogP) is 1.88. The van der Waals surface area contributed by atoms with Gasteiger partial charge >= 0.3 is 0 Å². The molecule has 1 aromatic rings. The van der Waals surface area contributed by atoms with Gasteiger partial charge in [0.2, 0.25) is 0 Å². The van der Waals surface area contributed by atoms with E-state index in [0.29, 0.717) is 19.0 Å². The lowest BCUT2D eigenvalue weighted by molar-refractivity contribution is 0.352. The average Bonchev–Trinajstić information content (AvgIpc) is 2.88. The number of alkyl halides is 1. The molecule has 3 atom stereocenters. The number of hydrogen-bond donors (Lipinski definition) is 1. The third-order valence-electron chi connectivity index (χ3n) is 4.02. The van der Waals surface area contributed by atoms with Crippen LogP contribution in [0.1, 0.15) is 19.3 Å². The number of nitrogens with zero attached hydrogens (tertiary/aromatic N) is 3. The molecule has 2 aliphatic heterocycles. The third-order valence-corrected chi connectivity index (χ3v) is 5.23. The molecule has 0 radical (unpaired) electrons. The lowest BCUT2D eigenvalue weighted by Crippen LogP contribution is -2.43. The first-order chi connectivity index (χ1) is 9.83. The fourth-order valence-electron chi connectivity index (χ4n) is 2.98. The van der Waals surface area contributed by atoms with Crippen LogP contribution < -0.4 is 10.2 Å². The zero-order valence-corrected chi connectivity index (χ0v) is 12.4. The quantitative estimate of drug-likeness (QED) is 0.919. The fourth-order valence-corrected chi connectivity index (χ4v) is 4.09. The maximum absolute atomic E-state index is 13.8. The molecule has 6 heteroatoms. The summed E-state index contributed by atoms with van der Waals surface area (Å²) in [5.41, 5.74) is 0. The van der Waals surface area contributed by atoms with Crippen LogP contribution in [-0.4, -0.2) is 53.0 Å². The number of rotatable bonds is 4. The Morgan fingerprint density at radius 3 is 3.20 bits per heavy atom. The predicted molar refractivity (Wildman–Crippen MR) is 81.0 cm³/mol. The van der Waals surface area contributed by atoms with E-state index >= 15 is 0 Å². The molecule has 0 saturated carbocycles. The Kier molecular flexibility index (Phi) is 4.73. The van der Waals surface area contributed by atoms with Gasteiger partial charge in [-0.1, -0.05) is 0 Å². The number of hydrogen-bond acceptors (Lipinski definition) is 5. The van der Waals surface area contributed by atoms with Crippen molar-refractivity contribution in [1.29, 1.82) is 0 Å². The molecule has 2 saturated heterocycles. The first-order valence-corrected chi connectivity index (χ1v) is 8.48. The van der Waals surface area contributed by atoms with E-state index in [1.807, 2.05) is 23.9 Å². The lowest BCUT2D eigenvalue weighted by atomic mass is 10.1. The highest BCUT2D eigenvalue weighted by Crippen LogP contribution is 2.25. The maximum atomic E-state index is 13.8. The summed E-state index contributed by atoms with van der Waals surface area (Å²) in [7, 11) is 0. The molecule has 0 spiro atoms. The largest absolute Gasteiger partial charge is 0.348 e. The van der Waals surface area contributed by atoms with Gasteiger partial charge in [-0.05, 0) is 30.7 Å². The summed E-state index contributed by atoms with van der Waals surface area (Å²) in [5.74, 6) is 3.24. The van der Waals surface area contributed by atoms with Crippen molar-refractivity contribution in [2.75, 3.05) is 29.5 Å². The minimum Gasteiger partial charge on any atom is -0.348 e. The summed E-state index contributed by atoms with van der Waals surface area (Å²) in [6.45, 7) is 1.27. The Morgan fingerprint density at radius 1 is 1.50 bits per heavy atom. The van der Waals surface area contributed by atoms with Crippen LogP contribution in [0.25, 0.3) is 0 Å². The monoisotopic (exact) mass is 296 g/mol. The smallest absolute Gasteiger partial charge is 0.151 e. The average molecular weight is 296 g/mol. The van der Waals surface area contributed by atoms with Crippen molar-refractivity contribution < 1.29 is 4.39 Å². The molecule has 4 nitrogen and oxygen atoms in total. The van der Waals surface area contributed by atoms with Gasteiger partial charge in [-0.2, -0.15) is 16.9 Å². The zero-order chi connectivity index (χ0) is 13.8. The van der Waals surface area contributed by atoms with Crippen LogP contribution in [0, 0.1) is 0 Å². The summed E-state index contributed by atoms with van der Waals surface area (Å²) >= 11 is 2.01. The Morgan fingerprint density at radius 2 is 2.45 bits per heavy atom. The van der Waals surface area contributed by atoms with Crippen molar-refractivity contribution in [3.8, 4) is 0 Å². The molecule has 0 aromatic carbocycles.